The molecule has 1 amide bonds. The van der Waals surface area contributed by atoms with Crippen molar-refractivity contribution in [2.24, 2.45) is 35.5 Å². The lowest BCUT2D eigenvalue weighted by Gasteiger charge is -2.44. The smallest absolute Gasteiger partial charge is 0.329 e. The number of fused-ring (bicyclic) bond motifs is 3. The Kier molecular flexibility index (Phi) is 21.6. The quantitative estimate of drug-likeness (QED) is 0.154. The van der Waals surface area contributed by atoms with Gasteiger partial charge in [0, 0.05) is 65.6 Å². The van der Waals surface area contributed by atoms with Gasteiger partial charge >= 0.3 is 5.97 Å². The number of rotatable bonds is 7. The number of methoxy groups -OCH3 is 4. The molecule has 3 aliphatic heterocycles. The first-order valence-corrected chi connectivity index (χ1v) is 24.3. The van der Waals surface area contributed by atoms with Gasteiger partial charge in [0.05, 0.1) is 24.4 Å². The van der Waals surface area contributed by atoms with Crippen LogP contribution in [0.3, 0.4) is 0 Å². The van der Waals surface area contributed by atoms with Gasteiger partial charge in [0.2, 0.25) is 5.79 Å². The maximum atomic E-state index is 14.5. The summed E-state index contributed by atoms with van der Waals surface area (Å²) in [5, 5.41) is 22.0. The van der Waals surface area contributed by atoms with Crippen molar-refractivity contribution in [1.82, 2.24) is 4.90 Å². The second-order valence-electron chi connectivity index (χ2n) is 19.8. The first-order chi connectivity index (χ1) is 31.3. The average molecular weight is 928 g/mol. The van der Waals surface area contributed by atoms with E-state index in [9.17, 15) is 34.2 Å². The number of carbonyl (C=O) groups is 5. The molecule has 0 aromatic rings. The number of hydrogen-bond acceptors (Lipinski definition) is 13. The molecule has 1 unspecified atom stereocenters. The Balaban J connectivity index is 1.72. The number of allylic oxidation sites excluding steroid dienone is 6. The van der Waals surface area contributed by atoms with E-state index in [1.807, 2.05) is 65.0 Å². The van der Waals surface area contributed by atoms with E-state index in [1.54, 1.807) is 34.1 Å². The van der Waals surface area contributed by atoms with Crippen LogP contribution in [-0.2, 0) is 52.4 Å². The molecule has 4 rings (SSSR count). The number of cyclic esters (lactones) is 1. The average Bonchev–Trinajstić information content (AvgIpc) is 3.30. The minimum Gasteiger partial charge on any atom is -0.460 e. The number of aliphatic hydroxyl groups is 2. The van der Waals surface area contributed by atoms with Crippen LogP contribution in [0.15, 0.2) is 47.6 Å². The minimum absolute atomic E-state index is 0.0307. The number of Topliss-reactive ketones (excluding diaryl/α,β-unsaturated/α-hetero) is 3. The highest BCUT2D eigenvalue weighted by molar-refractivity contribution is 6.39. The zero-order valence-electron chi connectivity index (χ0n) is 41.6. The van der Waals surface area contributed by atoms with Crippen molar-refractivity contribution in [3.63, 3.8) is 0 Å². The number of ketones is 3. The van der Waals surface area contributed by atoms with Crippen LogP contribution in [-0.4, -0.2) is 134 Å². The Labute approximate surface area is 393 Å². The molecule has 14 nitrogen and oxygen atoms in total. The number of amides is 1. The van der Waals surface area contributed by atoms with Crippen molar-refractivity contribution >= 4 is 29.2 Å². The van der Waals surface area contributed by atoms with Crippen LogP contribution in [0.25, 0.3) is 0 Å². The zero-order valence-corrected chi connectivity index (χ0v) is 41.6. The molecule has 372 valence electrons. The third kappa shape index (κ3) is 14.1. The number of nitrogens with zero attached hydrogens (tertiary/aromatic N) is 1. The molecule has 3 heterocycles. The van der Waals surface area contributed by atoms with Gasteiger partial charge in [-0.15, -0.1) is 0 Å². The summed E-state index contributed by atoms with van der Waals surface area (Å²) >= 11 is 0. The van der Waals surface area contributed by atoms with Gasteiger partial charge in [-0.05, 0) is 107 Å². The van der Waals surface area contributed by atoms with Gasteiger partial charge < -0.3 is 43.5 Å². The molecule has 4 aliphatic rings. The highest BCUT2D eigenvalue weighted by Crippen LogP contribution is 2.39. The summed E-state index contributed by atoms with van der Waals surface area (Å²) in [6.07, 6.45) is 12.1. The first-order valence-electron chi connectivity index (χ1n) is 24.3. The Morgan fingerprint density at radius 3 is 2.23 bits per heavy atom. The van der Waals surface area contributed by atoms with Gasteiger partial charge in [0.15, 0.2) is 5.78 Å². The van der Waals surface area contributed by atoms with Crippen molar-refractivity contribution in [3.8, 4) is 0 Å². The minimum atomic E-state index is -1.89. The van der Waals surface area contributed by atoms with Gasteiger partial charge in [-0.3, -0.25) is 19.2 Å². The summed E-state index contributed by atoms with van der Waals surface area (Å²) in [7, 11) is 5.94. The van der Waals surface area contributed by atoms with E-state index in [0.717, 1.165) is 12.0 Å². The second kappa shape index (κ2) is 25.8. The molecule has 15 atom stereocenters. The fourth-order valence-electron chi connectivity index (χ4n) is 10.4. The summed E-state index contributed by atoms with van der Waals surface area (Å²) in [6, 6.07) is -1.08. The molecule has 0 radical (unpaired) electrons. The lowest BCUT2D eigenvalue weighted by Crippen LogP contribution is -2.61. The number of hydrogen-bond donors (Lipinski definition) is 2. The molecule has 0 aromatic heterocycles. The first kappa shape index (κ1) is 55.2. The maximum Gasteiger partial charge on any atom is 0.329 e. The largest absolute Gasteiger partial charge is 0.460 e. The standard InChI is InChI=1S/C52H81NO13/c1-31-17-13-12-14-18-32(2)43(61-8)29-39-22-20-37(7)52(64-11,66-39)49(58)50(59)53-24-16-15-19-40(53)51(60)65-44(34(4)27-38-21-23-41(54)45(28-38)62-9)30-42(55)33(3)26-36(6)47(57)48(63-10)46(56)35(5)25-31/h12-14,17-18,26,31,33-35,37-41,43-45,47-48,54,57H,15-16,19-25,27-30H2,1-11H3/b14-12?,17-13+,32-18?,36-26+/t31-,33-,34-,35-,37-,38+,39+,40?,41-,43+,44+,45-,47-,48+,52-/m1/s1. The van der Waals surface area contributed by atoms with E-state index < -0.39 is 77.8 Å². The number of piperidine rings is 1. The summed E-state index contributed by atoms with van der Waals surface area (Å²) in [6.45, 7) is 13.1. The molecule has 1 aliphatic carbocycles. The molecule has 2 bridgehead atoms. The van der Waals surface area contributed by atoms with E-state index in [4.69, 9.17) is 28.4 Å². The molecule has 0 aromatic carbocycles. The van der Waals surface area contributed by atoms with Crippen molar-refractivity contribution in [2.75, 3.05) is 35.0 Å². The van der Waals surface area contributed by atoms with Crippen molar-refractivity contribution in [1.29, 1.82) is 0 Å². The third-order valence-electron chi connectivity index (χ3n) is 14.7. The molecule has 2 N–H and O–H groups in total. The molecule has 0 spiro atoms. The highest BCUT2D eigenvalue weighted by Gasteiger charge is 2.54. The monoisotopic (exact) mass is 928 g/mol. The molecule has 14 heteroatoms. The molecule has 2 saturated heterocycles. The normalized spacial score (nSPS) is 38.7. The Morgan fingerprint density at radius 1 is 0.833 bits per heavy atom. The van der Waals surface area contributed by atoms with Crippen LogP contribution in [0.5, 0.6) is 0 Å². The predicted molar refractivity (Wildman–Crippen MR) is 250 cm³/mol. The number of esters is 1. The summed E-state index contributed by atoms with van der Waals surface area (Å²) < 4.78 is 35.8. The number of ether oxygens (including phenoxy) is 6. The van der Waals surface area contributed by atoms with Crippen LogP contribution < -0.4 is 0 Å². The molecular weight excluding hydrogens is 847 g/mol. The van der Waals surface area contributed by atoms with Gasteiger partial charge in [0.1, 0.15) is 30.1 Å². The van der Waals surface area contributed by atoms with E-state index in [1.165, 1.54) is 19.1 Å². The van der Waals surface area contributed by atoms with E-state index >= 15 is 0 Å². The highest BCUT2D eigenvalue weighted by atomic mass is 16.7. The maximum absolute atomic E-state index is 14.5. The fraction of sp³-hybridized carbons (Fsp3) is 0.750. The number of carbonyl (C=O) groups excluding carboxylic acids is 5. The topological polar surface area (TPSA) is 184 Å². The van der Waals surface area contributed by atoms with Crippen molar-refractivity contribution in [3.05, 3.63) is 47.6 Å². The zero-order chi connectivity index (χ0) is 48.9. The lowest BCUT2D eigenvalue weighted by molar-refractivity contribution is -0.277. The van der Waals surface area contributed by atoms with Gasteiger partial charge in [-0.1, -0.05) is 71.1 Å². The van der Waals surface area contributed by atoms with E-state index in [-0.39, 0.29) is 60.9 Å². The third-order valence-corrected chi connectivity index (χ3v) is 14.7. The molecule has 3 fully saturated rings. The molecular formula is C52H81NO13. The van der Waals surface area contributed by atoms with Crippen molar-refractivity contribution < 1.29 is 62.6 Å². The Morgan fingerprint density at radius 2 is 1.56 bits per heavy atom. The van der Waals surface area contributed by atoms with Crippen LogP contribution in [0.2, 0.25) is 0 Å². The second-order valence-corrected chi connectivity index (χ2v) is 19.8. The SMILES string of the molecule is CO[C@H]1C[C@@H]2CC[C@@H](C)[C@@](OC)(O2)C(=O)C(=O)N2CCCCC2C(=O)O[C@H]([C@H](C)C[C@@H]2CC[C@@H](O)[C@H](OC)C2)CC(=O)[C@H](C)/C=C(\C)[C@@H](O)[C@@H](OC)C(=O)[C@H](C)C[C@H](C)/C=C/C=CC=C1C. The lowest BCUT2D eigenvalue weighted by atomic mass is 9.78. The molecule has 1 saturated carbocycles. The van der Waals surface area contributed by atoms with Gasteiger partial charge in [-0.2, -0.15) is 0 Å². The predicted octanol–water partition coefficient (Wildman–Crippen LogP) is 6.83. The van der Waals surface area contributed by atoms with Crippen LogP contribution in [0, 0.1) is 35.5 Å². The number of aliphatic hydroxyl groups excluding tert-OH is 2. The Hall–Kier alpha value is -3.37. The van der Waals surface area contributed by atoms with E-state index in [2.05, 4.69) is 0 Å². The summed E-state index contributed by atoms with van der Waals surface area (Å²) in [4.78, 5) is 72.6. The van der Waals surface area contributed by atoms with Gasteiger partial charge in [-0.25, -0.2) is 4.79 Å². The van der Waals surface area contributed by atoms with Crippen LogP contribution in [0.4, 0.5) is 0 Å². The van der Waals surface area contributed by atoms with Gasteiger partial charge in [0.25, 0.3) is 11.7 Å². The summed E-state index contributed by atoms with van der Waals surface area (Å²) in [5.74, 6) is -6.64. The molecule has 66 heavy (non-hydrogen) atoms. The summed E-state index contributed by atoms with van der Waals surface area (Å²) in [5.41, 5.74) is 1.32. The fourth-order valence-corrected chi connectivity index (χ4v) is 10.4. The van der Waals surface area contributed by atoms with Crippen LogP contribution >= 0.6 is 0 Å². The van der Waals surface area contributed by atoms with E-state index in [0.29, 0.717) is 63.4 Å². The van der Waals surface area contributed by atoms with Crippen molar-refractivity contribution in [2.45, 2.75) is 180 Å². The Bertz CT molecular complexity index is 1770. The van der Waals surface area contributed by atoms with Crippen LogP contribution in [0.1, 0.15) is 126 Å².